The highest BCUT2D eigenvalue weighted by Crippen LogP contribution is 2.28. The number of ether oxygens (including phenoxy) is 1. The topological polar surface area (TPSA) is 72.3 Å². The van der Waals surface area contributed by atoms with Gasteiger partial charge in [-0.15, -0.1) is 0 Å². The average molecular weight is 313 g/mol. The van der Waals surface area contributed by atoms with Crippen LogP contribution in [0.5, 0.6) is 0 Å². The Hall–Kier alpha value is -2.56. The van der Waals surface area contributed by atoms with Crippen LogP contribution in [-0.4, -0.2) is 17.6 Å². The lowest BCUT2D eigenvalue weighted by atomic mass is 10.0. The first-order chi connectivity index (χ1) is 11.2. The van der Waals surface area contributed by atoms with Gasteiger partial charge in [0, 0.05) is 5.39 Å². The first-order valence-electron chi connectivity index (χ1n) is 7.90. The smallest absolute Gasteiger partial charge is 0.355 e. The number of rotatable bonds is 5. The van der Waals surface area contributed by atoms with Gasteiger partial charge in [-0.05, 0) is 37.5 Å². The number of benzene rings is 1. The summed E-state index contributed by atoms with van der Waals surface area (Å²) >= 11 is 0. The first kappa shape index (κ1) is 15.3. The van der Waals surface area contributed by atoms with Crippen LogP contribution in [0.3, 0.4) is 0 Å². The van der Waals surface area contributed by atoms with Crippen molar-refractivity contribution in [3.63, 3.8) is 0 Å². The van der Waals surface area contributed by atoms with Gasteiger partial charge in [-0.2, -0.15) is 0 Å². The molecule has 0 aliphatic rings. The molecule has 5 nitrogen and oxygen atoms in total. The van der Waals surface area contributed by atoms with Crippen LogP contribution >= 0.6 is 0 Å². The van der Waals surface area contributed by atoms with Crippen molar-refractivity contribution >= 4 is 27.8 Å². The molecular formula is C18H19NO4. The van der Waals surface area contributed by atoms with Gasteiger partial charge in [-0.25, -0.2) is 9.59 Å². The largest absolute Gasteiger partial charge is 0.461 e. The number of hydrogen-bond donors (Lipinski definition) is 1. The van der Waals surface area contributed by atoms with Crippen molar-refractivity contribution in [1.82, 2.24) is 4.98 Å². The lowest BCUT2D eigenvalue weighted by molar-refractivity contribution is 0.0519. The third-order valence-electron chi connectivity index (χ3n) is 3.93. The van der Waals surface area contributed by atoms with Crippen LogP contribution in [0.4, 0.5) is 0 Å². The number of fused-ring (bicyclic) bond motifs is 3. The maximum Gasteiger partial charge on any atom is 0.355 e. The highest BCUT2D eigenvalue weighted by molar-refractivity contribution is 6.07. The van der Waals surface area contributed by atoms with E-state index in [1.165, 1.54) is 0 Å². The molecule has 0 fully saturated rings. The third-order valence-corrected chi connectivity index (χ3v) is 3.93. The van der Waals surface area contributed by atoms with E-state index < -0.39 is 11.6 Å². The molecule has 0 bridgehead atoms. The lowest BCUT2D eigenvalue weighted by Crippen LogP contribution is -2.09. The zero-order valence-corrected chi connectivity index (χ0v) is 13.3. The Bertz CT molecular complexity index is 920. The lowest BCUT2D eigenvalue weighted by Gasteiger charge is -2.03. The van der Waals surface area contributed by atoms with E-state index in [0.717, 1.165) is 18.2 Å². The van der Waals surface area contributed by atoms with Crippen molar-refractivity contribution in [3.05, 3.63) is 45.9 Å². The fraction of sp³-hybridized carbons (Fsp3) is 0.333. The molecule has 1 aromatic carbocycles. The van der Waals surface area contributed by atoms with Gasteiger partial charge in [-0.3, -0.25) is 0 Å². The summed E-state index contributed by atoms with van der Waals surface area (Å²) in [6.07, 6.45) is 2.48. The number of hydrogen-bond acceptors (Lipinski definition) is 4. The number of nitrogens with one attached hydrogen (secondary N) is 1. The molecule has 3 aromatic rings. The molecule has 0 radical (unpaired) electrons. The maximum absolute atomic E-state index is 12.4. The summed E-state index contributed by atoms with van der Waals surface area (Å²) in [6.45, 7) is 4.11. The number of esters is 1. The number of carbonyl (C=O) groups excluding carboxylic acids is 1. The molecule has 120 valence electrons. The number of unbranched alkanes of at least 4 members (excludes halogenated alkanes) is 1. The highest BCUT2D eigenvalue weighted by Gasteiger charge is 2.22. The van der Waals surface area contributed by atoms with Crippen LogP contribution in [-0.2, 0) is 11.2 Å². The molecule has 0 saturated carbocycles. The second-order valence-corrected chi connectivity index (χ2v) is 5.44. The minimum absolute atomic E-state index is 0.288. The number of carbonyl (C=O) groups is 1. The molecule has 2 heterocycles. The van der Waals surface area contributed by atoms with Crippen molar-refractivity contribution in [2.45, 2.75) is 33.1 Å². The zero-order chi connectivity index (χ0) is 16.4. The zero-order valence-electron chi connectivity index (χ0n) is 13.3. The SMILES string of the molecule is CCCCc1c(C(=O)OCC)[nH]c2c1c(=O)oc1ccccc12. The van der Waals surface area contributed by atoms with E-state index in [1.54, 1.807) is 13.0 Å². The van der Waals surface area contributed by atoms with E-state index >= 15 is 0 Å². The van der Waals surface area contributed by atoms with Crippen molar-refractivity contribution in [2.24, 2.45) is 0 Å². The Balaban J connectivity index is 2.34. The van der Waals surface area contributed by atoms with Gasteiger partial charge in [0.1, 0.15) is 11.3 Å². The van der Waals surface area contributed by atoms with Crippen molar-refractivity contribution in [1.29, 1.82) is 0 Å². The summed E-state index contributed by atoms with van der Waals surface area (Å²) in [4.78, 5) is 27.8. The van der Waals surface area contributed by atoms with Gasteiger partial charge < -0.3 is 14.1 Å². The summed E-state index contributed by atoms with van der Waals surface area (Å²) in [5.41, 5.74) is 1.78. The molecule has 0 saturated heterocycles. The third kappa shape index (κ3) is 2.63. The van der Waals surface area contributed by atoms with Crippen molar-refractivity contribution < 1.29 is 13.9 Å². The average Bonchev–Trinajstić information content (AvgIpc) is 2.93. The van der Waals surface area contributed by atoms with Crippen LogP contribution in [0.1, 0.15) is 42.7 Å². The molecule has 23 heavy (non-hydrogen) atoms. The predicted octanol–water partition coefficient (Wildman–Crippen LogP) is 3.79. The Labute approximate surface area is 133 Å². The van der Waals surface area contributed by atoms with Crippen LogP contribution < -0.4 is 5.63 Å². The minimum atomic E-state index is -0.432. The number of aromatic nitrogens is 1. The second kappa shape index (κ2) is 6.28. The number of aryl methyl sites for hydroxylation is 1. The van der Waals surface area contributed by atoms with E-state index in [2.05, 4.69) is 11.9 Å². The number of aromatic amines is 1. The summed E-state index contributed by atoms with van der Waals surface area (Å²) in [6, 6.07) is 7.30. The Morgan fingerprint density at radius 3 is 2.78 bits per heavy atom. The van der Waals surface area contributed by atoms with Gasteiger partial charge in [0.25, 0.3) is 0 Å². The van der Waals surface area contributed by atoms with Crippen LogP contribution in [0.2, 0.25) is 0 Å². The summed E-state index contributed by atoms with van der Waals surface area (Å²) in [5.74, 6) is -0.432. The van der Waals surface area contributed by atoms with Crippen LogP contribution in [0.15, 0.2) is 33.5 Å². The van der Waals surface area contributed by atoms with E-state index in [0.29, 0.717) is 34.2 Å². The number of H-pyrrole nitrogens is 1. The Kier molecular flexibility index (Phi) is 4.19. The first-order valence-corrected chi connectivity index (χ1v) is 7.90. The fourth-order valence-electron chi connectivity index (χ4n) is 2.86. The predicted molar refractivity (Wildman–Crippen MR) is 88.9 cm³/mol. The second-order valence-electron chi connectivity index (χ2n) is 5.44. The van der Waals surface area contributed by atoms with Crippen LogP contribution in [0.25, 0.3) is 21.9 Å². The number of para-hydroxylation sites is 1. The molecule has 1 N–H and O–H groups in total. The van der Waals surface area contributed by atoms with E-state index in [1.807, 2.05) is 18.2 Å². The van der Waals surface area contributed by atoms with Crippen LogP contribution in [0, 0.1) is 0 Å². The van der Waals surface area contributed by atoms with Crippen molar-refractivity contribution in [2.75, 3.05) is 6.61 Å². The monoisotopic (exact) mass is 313 g/mol. The molecule has 2 aromatic heterocycles. The molecule has 0 atom stereocenters. The Morgan fingerprint density at radius 1 is 1.26 bits per heavy atom. The molecular weight excluding hydrogens is 294 g/mol. The molecule has 0 aliphatic heterocycles. The van der Waals surface area contributed by atoms with E-state index in [-0.39, 0.29) is 6.61 Å². The van der Waals surface area contributed by atoms with Gasteiger partial charge in [0.15, 0.2) is 0 Å². The summed E-state index contributed by atoms with van der Waals surface area (Å²) < 4.78 is 10.5. The highest BCUT2D eigenvalue weighted by atomic mass is 16.5. The van der Waals surface area contributed by atoms with Gasteiger partial charge in [0.05, 0.1) is 17.5 Å². The molecule has 0 aliphatic carbocycles. The molecule has 0 spiro atoms. The van der Waals surface area contributed by atoms with Crippen molar-refractivity contribution in [3.8, 4) is 0 Å². The molecule has 3 rings (SSSR count). The summed E-state index contributed by atoms with van der Waals surface area (Å²) in [7, 11) is 0. The molecule has 0 unspecified atom stereocenters. The molecule has 0 amide bonds. The van der Waals surface area contributed by atoms with E-state index in [4.69, 9.17) is 9.15 Å². The standard InChI is InChI=1S/C18H19NO4/c1-3-5-8-12-14-15(19-16(12)18(21)22-4-2)11-9-6-7-10-13(11)23-17(14)20/h6-7,9-10,19H,3-5,8H2,1-2H3. The van der Waals surface area contributed by atoms with E-state index in [9.17, 15) is 9.59 Å². The minimum Gasteiger partial charge on any atom is -0.461 e. The quantitative estimate of drug-likeness (QED) is 0.574. The van der Waals surface area contributed by atoms with Gasteiger partial charge in [0.2, 0.25) is 0 Å². The fourth-order valence-corrected chi connectivity index (χ4v) is 2.86. The van der Waals surface area contributed by atoms with Gasteiger partial charge in [-0.1, -0.05) is 25.5 Å². The van der Waals surface area contributed by atoms with Gasteiger partial charge >= 0.3 is 11.6 Å². The Morgan fingerprint density at radius 2 is 2.04 bits per heavy atom. The summed E-state index contributed by atoms with van der Waals surface area (Å²) in [5, 5.41) is 1.25. The molecule has 5 heteroatoms. The maximum atomic E-state index is 12.4. The normalized spacial score (nSPS) is 11.2.